The van der Waals surface area contributed by atoms with E-state index < -0.39 is 17.7 Å². The van der Waals surface area contributed by atoms with Crippen molar-refractivity contribution in [3.05, 3.63) is 99.6 Å². The lowest BCUT2D eigenvalue weighted by Crippen LogP contribution is -2.29. The molecule has 3 heterocycles. The van der Waals surface area contributed by atoms with E-state index in [4.69, 9.17) is 23.2 Å². The van der Waals surface area contributed by atoms with Gasteiger partial charge in [-0.25, -0.2) is 0 Å². The monoisotopic (exact) mass is 439 g/mol. The van der Waals surface area contributed by atoms with Gasteiger partial charge in [-0.2, -0.15) is 0 Å². The molecule has 0 saturated carbocycles. The Balaban J connectivity index is 1.86. The minimum absolute atomic E-state index is 0.0546. The molecule has 0 radical (unpaired) electrons. The number of halogens is 2. The van der Waals surface area contributed by atoms with Crippen LogP contribution >= 0.6 is 23.2 Å². The quantitative estimate of drug-likeness (QED) is 0.369. The van der Waals surface area contributed by atoms with E-state index in [1.807, 2.05) is 0 Å². The molecule has 1 fully saturated rings. The molecule has 1 aromatic carbocycles. The van der Waals surface area contributed by atoms with E-state index >= 15 is 0 Å². The summed E-state index contributed by atoms with van der Waals surface area (Å²) in [6.07, 6.45) is 4.81. The smallest absolute Gasteiger partial charge is 0.296 e. The molecule has 8 heteroatoms. The molecule has 0 bridgehead atoms. The molecule has 6 nitrogen and oxygen atoms in total. The predicted molar refractivity (Wildman–Crippen MR) is 113 cm³/mol. The molecular weight excluding hydrogens is 425 g/mol. The largest absolute Gasteiger partial charge is 0.507 e. The number of pyridine rings is 2. The molecule has 1 N–H and O–H groups in total. The third kappa shape index (κ3) is 3.67. The first-order valence-corrected chi connectivity index (χ1v) is 9.76. The first-order valence-electron chi connectivity index (χ1n) is 9.01. The number of amides is 1. The molecule has 1 atom stereocenters. The van der Waals surface area contributed by atoms with Crippen molar-refractivity contribution in [2.75, 3.05) is 0 Å². The molecule has 1 saturated heterocycles. The molecule has 30 heavy (non-hydrogen) atoms. The Morgan fingerprint density at radius 1 is 1.03 bits per heavy atom. The number of carbonyl (C=O) groups is 2. The van der Waals surface area contributed by atoms with E-state index in [0.717, 1.165) is 5.56 Å². The van der Waals surface area contributed by atoms with E-state index in [2.05, 4.69) is 9.97 Å². The zero-order chi connectivity index (χ0) is 21.3. The highest BCUT2D eigenvalue weighted by Crippen LogP contribution is 2.40. The van der Waals surface area contributed by atoms with Crippen molar-refractivity contribution in [1.82, 2.24) is 14.9 Å². The Morgan fingerprint density at radius 3 is 2.53 bits per heavy atom. The highest BCUT2D eigenvalue weighted by molar-refractivity contribution is 6.46. The van der Waals surface area contributed by atoms with Crippen LogP contribution in [0.4, 0.5) is 0 Å². The highest BCUT2D eigenvalue weighted by Gasteiger charge is 2.46. The van der Waals surface area contributed by atoms with Crippen LogP contribution in [0.1, 0.15) is 22.9 Å². The van der Waals surface area contributed by atoms with Crippen LogP contribution in [0.3, 0.4) is 0 Å². The molecule has 150 valence electrons. The molecule has 2 aromatic heterocycles. The lowest BCUT2D eigenvalue weighted by molar-refractivity contribution is -0.140. The summed E-state index contributed by atoms with van der Waals surface area (Å²) in [6, 6.07) is 12.4. The van der Waals surface area contributed by atoms with Gasteiger partial charge >= 0.3 is 0 Å². The summed E-state index contributed by atoms with van der Waals surface area (Å²) in [6.45, 7) is 0.137. The molecule has 4 rings (SSSR count). The number of carbonyl (C=O) groups excluding carboxylic acids is 2. The summed E-state index contributed by atoms with van der Waals surface area (Å²) in [4.78, 5) is 35.6. The SMILES string of the molecule is O=C1C(=O)N(Cc2cccnc2)C(c2ccccn2)/C1=C(/O)c1ccc(Cl)c(Cl)c1. The topological polar surface area (TPSA) is 83.4 Å². The number of likely N-dealkylation sites (tertiary alicyclic amines) is 1. The molecule has 1 aliphatic rings. The van der Waals surface area contributed by atoms with Gasteiger partial charge in [0, 0.05) is 30.7 Å². The van der Waals surface area contributed by atoms with Crippen LogP contribution in [0.15, 0.2) is 72.7 Å². The van der Waals surface area contributed by atoms with Crippen LogP contribution in [0, 0.1) is 0 Å². The summed E-state index contributed by atoms with van der Waals surface area (Å²) in [7, 11) is 0. The van der Waals surface area contributed by atoms with Crippen LogP contribution in [-0.4, -0.2) is 31.7 Å². The number of aromatic nitrogens is 2. The second-order valence-corrected chi connectivity index (χ2v) is 7.49. The van der Waals surface area contributed by atoms with Crippen molar-refractivity contribution in [2.45, 2.75) is 12.6 Å². The van der Waals surface area contributed by atoms with E-state index in [9.17, 15) is 14.7 Å². The van der Waals surface area contributed by atoms with Gasteiger partial charge in [-0.15, -0.1) is 0 Å². The minimum atomic E-state index is -0.860. The van der Waals surface area contributed by atoms with Gasteiger partial charge in [-0.1, -0.05) is 35.3 Å². The van der Waals surface area contributed by atoms with Crippen molar-refractivity contribution < 1.29 is 14.7 Å². The van der Waals surface area contributed by atoms with Gasteiger partial charge in [0.25, 0.3) is 11.7 Å². The number of hydrogen-bond acceptors (Lipinski definition) is 5. The maximum atomic E-state index is 12.9. The van der Waals surface area contributed by atoms with E-state index in [1.54, 1.807) is 48.9 Å². The fourth-order valence-electron chi connectivity index (χ4n) is 3.38. The number of ketones is 1. The molecule has 0 aliphatic carbocycles. The van der Waals surface area contributed by atoms with E-state index in [1.165, 1.54) is 23.1 Å². The van der Waals surface area contributed by atoms with Crippen LogP contribution in [0.2, 0.25) is 10.0 Å². The number of hydrogen-bond donors (Lipinski definition) is 1. The Morgan fingerprint density at radius 2 is 1.87 bits per heavy atom. The van der Waals surface area contributed by atoms with Gasteiger partial charge in [0.1, 0.15) is 11.8 Å². The zero-order valence-corrected chi connectivity index (χ0v) is 17.0. The number of aliphatic hydroxyl groups excluding tert-OH is 1. The molecule has 1 aliphatic heterocycles. The number of nitrogens with zero attached hydrogens (tertiary/aromatic N) is 3. The van der Waals surface area contributed by atoms with Crippen LogP contribution in [0.25, 0.3) is 5.76 Å². The van der Waals surface area contributed by atoms with Crippen LogP contribution in [-0.2, 0) is 16.1 Å². The number of benzene rings is 1. The summed E-state index contributed by atoms with van der Waals surface area (Å²) < 4.78 is 0. The predicted octanol–water partition coefficient (Wildman–Crippen LogP) is 4.41. The average molecular weight is 440 g/mol. The molecular formula is C22H15Cl2N3O3. The van der Waals surface area contributed by atoms with Crippen molar-refractivity contribution in [3.63, 3.8) is 0 Å². The molecule has 1 unspecified atom stereocenters. The van der Waals surface area contributed by atoms with Crippen molar-refractivity contribution in [1.29, 1.82) is 0 Å². The van der Waals surface area contributed by atoms with Crippen LogP contribution in [0.5, 0.6) is 0 Å². The second-order valence-electron chi connectivity index (χ2n) is 6.67. The maximum absolute atomic E-state index is 12.9. The fourth-order valence-corrected chi connectivity index (χ4v) is 3.67. The maximum Gasteiger partial charge on any atom is 0.296 e. The van der Waals surface area contributed by atoms with E-state index in [0.29, 0.717) is 10.7 Å². The van der Waals surface area contributed by atoms with Gasteiger partial charge in [0.05, 0.1) is 21.3 Å². The Hall–Kier alpha value is -3.22. The molecule has 3 aromatic rings. The second kappa shape index (κ2) is 8.26. The number of aliphatic hydroxyl groups is 1. The van der Waals surface area contributed by atoms with Crippen molar-refractivity contribution in [3.8, 4) is 0 Å². The zero-order valence-electron chi connectivity index (χ0n) is 15.5. The standard InChI is InChI=1S/C22H15Cl2N3O3/c23-15-7-6-14(10-16(15)24)20(28)18-19(17-5-1-2-9-26-17)27(22(30)21(18)29)12-13-4-3-8-25-11-13/h1-11,19,28H,12H2/b20-18-. The van der Waals surface area contributed by atoms with Gasteiger partial charge in [0.2, 0.25) is 0 Å². The lowest BCUT2D eigenvalue weighted by Gasteiger charge is -2.24. The van der Waals surface area contributed by atoms with Gasteiger partial charge in [-0.3, -0.25) is 19.6 Å². The Labute approximate surface area is 182 Å². The lowest BCUT2D eigenvalue weighted by atomic mass is 9.98. The van der Waals surface area contributed by atoms with Gasteiger partial charge in [0.15, 0.2) is 0 Å². The first kappa shape index (κ1) is 20.1. The third-order valence-corrected chi connectivity index (χ3v) is 5.52. The summed E-state index contributed by atoms with van der Waals surface area (Å²) >= 11 is 12.0. The Kier molecular flexibility index (Phi) is 5.53. The Bertz CT molecular complexity index is 1150. The molecule has 0 spiro atoms. The molecule has 1 amide bonds. The van der Waals surface area contributed by atoms with Gasteiger partial charge < -0.3 is 10.0 Å². The van der Waals surface area contributed by atoms with Crippen LogP contribution < -0.4 is 0 Å². The average Bonchev–Trinajstić information content (AvgIpc) is 3.01. The summed E-state index contributed by atoms with van der Waals surface area (Å²) in [5.41, 5.74) is 1.43. The number of Topliss-reactive ketones (excluding diaryl/α,β-unsaturated/α-hetero) is 1. The summed E-state index contributed by atoms with van der Waals surface area (Å²) in [5.74, 6) is -1.86. The fraction of sp³-hybridized carbons (Fsp3) is 0.0909. The summed E-state index contributed by atoms with van der Waals surface area (Å²) in [5, 5.41) is 11.5. The van der Waals surface area contributed by atoms with E-state index in [-0.39, 0.29) is 28.5 Å². The normalized spacial score (nSPS) is 18.1. The van der Waals surface area contributed by atoms with Crippen molar-refractivity contribution >= 4 is 40.7 Å². The minimum Gasteiger partial charge on any atom is -0.507 e. The third-order valence-electron chi connectivity index (χ3n) is 4.78. The number of rotatable bonds is 4. The van der Waals surface area contributed by atoms with Gasteiger partial charge in [-0.05, 0) is 42.0 Å². The first-order chi connectivity index (χ1) is 14.5. The van der Waals surface area contributed by atoms with Crippen molar-refractivity contribution in [2.24, 2.45) is 0 Å². The highest BCUT2D eigenvalue weighted by atomic mass is 35.5.